The normalized spacial score (nSPS) is 10.9. The Hall–Kier alpha value is -2.79. The van der Waals surface area contributed by atoms with Crippen LogP contribution in [0.5, 0.6) is 0 Å². The molecule has 3 rings (SSSR count). The molecule has 146 valence electrons. The summed E-state index contributed by atoms with van der Waals surface area (Å²) in [6, 6.07) is 9.43. The van der Waals surface area contributed by atoms with E-state index < -0.39 is 11.3 Å². The maximum absolute atomic E-state index is 13.2. The van der Waals surface area contributed by atoms with Gasteiger partial charge in [-0.05, 0) is 43.9 Å². The summed E-state index contributed by atoms with van der Waals surface area (Å²) in [5.41, 5.74) is 3.34. The van der Waals surface area contributed by atoms with E-state index in [1.165, 1.54) is 6.26 Å². The first kappa shape index (κ1) is 20.0. The van der Waals surface area contributed by atoms with Crippen molar-refractivity contribution in [2.45, 2.75) is 40.5 Å². The highest BCUT2D eigenvalue weighted by Crippen LogP contribution is 2.25. The standard InChI is InChI=1S/C22H23ClN2O3/c1-5-15-9-7-10-16(6-2)20(15)24-22(27)18-13(3)25(17-11-8-12-28-17)14(4)19(23)21(18)26/h7-12H,5-6H2,1-4H3,(H,24,27). The van der Waals surface area contributed by atoms with Gasteiger partial charge < -0.3 is 9.73 Å². The Bertz CT molecular complexity index is 1060. The van der Waals surface area contributed by atoms with E-state index >= 15 is 0 Å². The number of amides is 1. The number of hydrogen-bond donors (Lipinski definition) is 1. The molecule has 0 atom stereocenters. The van der Waals surface area contributed by atoms with Crippen LogP contribution in [0.25, 0.3) is 5.88 Å². The van der Waals surface area contributed by atoms with E-state index in [9.17, 15) is 9.59 Å². The molecule has 6 heteroatoms. The summed E-state index contributed by atoms with van der Waals surface area (Å²) in [5, 5.41) is 2.96. The number of nitrogens with zero attached hydrogens (tertiary/aromatic N) is 1. The minimum absolute atomic E-state index is 0.00615. The molecular formula is C22H23ClN2O3. The van der Waals surface area contributed by atoms with E-state index in [-0.39, 0.29) is 10.6 Å². The van der Waals surface area contributed by atoms with Crippen LogP contribution >= 0.6 is 11.6 Å². The van der Waals surface area contributed by atoms with E-state index in [2.05, 4.69) is 5.32 Å². The Morgan fingerprint density at radius 2 is 1.71 bits per heavy atom. The van der Waals surface area contributed by atoms with E-state index in [1.54, 1.807) is 30.5 Å². The highest BCUT2D eigenvalue weighted by atomic mass is 35.5. The van der Waals surface area contributed by atoms with Crippen LogP contribution in [0.4, 0.5) is 5.69 Å². The van der Waals surface area contributed by atoms with Gasteiger partial charge in [-0.15, -0.1) is 0 Å². The SMILES string of the molecule is CCc1cccc(CC)c1NC(=O)c1c(C)n(-c2ccco2)c(C)c(Cl)c1=O. The van der Waals surface area contributed by atoms with Gasteiger partial charge in [0.2, 0.25) is 11.3 Å². The third-order valence-corrected chi connectivity index (χ3v) is 5.41. The number of hydrogen-bond acceptors (Lipinski definition) is 3. The molecular weight excluding hydrogens is 376 g/mol. The fourth-order valence-corrected chi connectivity index (χ4v) is 3.65. The summed E-state index contributed by atoms with van der Waals surface area (Å²) in [7, 11) is 0. The summed E-state index contributed by atoms with van der Waals surface area (Å²) in [6.07, 6.45) is 3.08. The van der Waals surface area contributed by atoms with Gasteiger partial charge in [0.15, 0.2) is 0 Å². The number of carbonyl (C=O) groups excluding carboxylic acids is 1. The maximum Gasteiger partial charge on any atom is 0.261 e. The second-order valence-electron chi connectivity index (χ2n) is 6.59. The number of anilines is 1. The van der Waals surface area contributed by atoms with Crippen LogP contribution < -0.4 is 10.7 Å². The van der Waals surface area contributed by atoms with Gasteiger partial charge in [0.1, 0.15) is 10.6 Å². The molecule has 0 aliphatic heterocycles. The maximum atomic E-state index is 13.2. The van der Waals surface area contributed by atoms with E-state index in [0.29, 0.717) is 17.3 Å². The molecule has 3 aromatic rings. The smallest absolute Gasteiger partial charge is 0.261 e. The molecule has 0 saturated carbocycles. The van der Waals surface area contributed by atoms with Gasteiger partial charge >= 0.3 is 0 Å². The molecule has 0 radical (unpaired) electrons. The number of rotatable bonds is 5. The first-order chi connectivity index (χ1) is 13.4. The Morgan fingerprint density at radius 1 is 1.07 bits per heavy atom. The van der Waals surface area contributed by atoms with Crippen molar-refractivity contribution in [2.75, 3.05) is 5.32 Å². The molecule has 2 heterocycles. The number of benzene rings is 1. The topological polar surface area (TPSA) is 64.2 Å². The lowest BCUT2D eigenvalue weighted by molar-refractivity contribution is 0.102. The molecule has 28 heavy (non-hydrogen) atoms. The first-order valence-corrected chi connectivity index (χ1v) is 9.66. The number of carbonyl (C=O) groups is 1. The van der Waals surface area contributed by atoms with E-state index in [1.807, 2.05) is 32.0 Å². The number of aryl methyl sites for hydroxylation is 2. The zero-order valence-electron chi connectivity index (χ0n) is 16.4. The molecule has 1 N–H and O–H groups in total. The predicted octanol–water partition coefficient (Wildman–Crippen LogP) is 5.08. The van der Waals surface area contributed by atoms with Crippen molar-refractivity contribution in [1.29, 1.82) is 0 Å². The second kappa shape index (κ2) is 8.07. The third kappa shape index (κ3) is 3.38. The number of pyridine rings is 1. The summed E-state index contributed by atoms with van der Waals surface area (Å²) in [4.78, 5) is 26.0. The van der Waals surface area contributed by atoms with E-state index in [4.69, 9.17) is 16.0 Å². The Morgan fingerprint density at radius 3 is 2.25 bits per heavy atom. The van der Waals surface area contributed by atoms with Gasteiger partial charge in [0, 0.05) is 23.1 Å². The lowest BCUT2D eigenvalue weighted by Gasteiger charge is -2.18. The average molecular weight is 399 g/mol. The Labute approximate surface area is 169 Å². The molecule has 0 unspecified atom stereocenters. The van der Waals surface area contributed by atoms with Crippen molar-refractivity contribution in [2.24, 2.45) is 0 Å². The number of para-hydroxylation sites is 1. The molecule has 2 aromatic heterocycles. The third-order valence-electron chi connectivity index (χ3n) is 4.97. The highest BCUT2D eigenvalue weighted by molar-refractivity contribution is 6.31. The summed E-state index contributed by atoms with van der Waals surface area (Å²) >= 11 is 6.29. The predicted molar refractivity (Wildman–Crippen MR) is 112 cm³/mol. The minimum Gasteiger partial charge on any atom is -0.448 e. The van der Waals surface area contributed by atoms with Crippen LogP contribution in [0.15, 0.2) is 45.8 Å². The zero-order chi connectivity index (χ0) is 20.4. The van der Waals surface area contributed by atoms with Gasteiger partial charge in [-0.3, -0.25) is 14.2 Å². The molecule has 1 amide bonds. The summed E-state index contributed by atoms with van der Waals surface area (Å²) in [6.45, 7) is 7.50. The number of nitrogens with one attached hydrogen (secondary N) is 1. The van der Waals surface area contributed by atoms with Crippen LogP contribution in [-0.4, -0.2) is 10.5 Å². The molecule has 0 saturated heterocycles. The van der Waals surface area contributed by atoms with Crippen molar-refractivity contribution >= 4 is 23.2 Å². The molecule has 0 aliphatic carbocycles. The second-order valence-corrected chi connectivity index (χ2v) is 6.97. The van der Waals surface area contributed by atoms with Crippen molar-refractivity contribution in [3.8, 4) is 5.88 Å². The Balaban J connectivity index is 2.15. The van der Waals surface area contributed by atoms with Crippen LogP contribution in [0.1, 0.15) is 46.7 Å². The largest absolute Gasteiger partial charge is 0.448 e. The lowest BCUT2D eigenvalue weighted by Crippen LogP contribution is -2.28. The lowest BCUT2D eigenvalue weighted by atomic mass is 10.0. The number of aromatic nitrogens is 1. The fraction of sp³-hybridized carbons (Fsp3) is 0.273. The number of furan rings is 1. The van der Waals surface area contributed by atoms with Gasteiger partial charge in [-0.1, -0.05) is 43.6 Å². The average Bonchev–Trinajstić information content (AvgIpc) is 3.21. The van der Waals surface area contributed by atoms with Crippen molar-refractivity contribution in [3.63, 3.8) is 0 Å². The van der Waals surface area contributed by atoms with Gasteiger partial charge in [0.05, 0.1) is 6.26 Å². The van der Waals surface area contributed by atoms with Crippen LogP contribution in [0.3, 0.4) is 0 Å². The van der Waals surface area contributed by atoms with Crippen LogP contribution in [-0.2, 0) is 12.8 Å². The van der Waals surface area contributed by atoms with E-state index in [0.717, 1.165) is 29.7 Å². The van der Waals surface area contributed by atoms with Gasteiger partial charge in [-0.2, -0.15) is 0 Å². The molecule has 0 fully saturated rings. The van der Waals surface area contributed by atoms with Crippen LogP contribution in [0.2, 0.25) is 5.02 Å². The first-order valence-electron chi connectivity index (χ1n) is 9.28. The summed E-state index contributed by atoms with van der Waals surface area (Å²) in [5.74, 6) is 0.0226. The quantitative estimate of drug-likeness (QED) is 0.651. The van der Waals surface area contributed by atoms with Crippen molar-refractivity contribution in [3.05, 3.63) is 79.9 Å². The van der Waals surface area contributed by atoms with Gasteiger partial charge in [0.25, 0.3) is 5.91 Å². The van der Waals surface area contributed by atoms with Crippen molar-refractivity contribution in [1.82, 2.24) is 4.57 Å². The van der Waals surface area contributed by atoms with Crippen LogP contribution in [0, 0.1) is 13.8 Å². The Kier molecular flexibility index (Phi) is 5.75. The van der Waals surface area contributed by atoms with Gasteiger partial charge in [-0.25, -0.2) is 0 Å². The molecule has 1 aromatic carbocycles. The molecule has 0 spiro atoms. The highest BCUT2D eigenvalue weighted by Gasteiger charge is 2.24. The molecule has 0 bridgehead atoms. The fourth-order valence-electron chi connectivity index (χ4n) is 3.47. The summed E-state index contributed by atoms with van der Waals surface area (Å²) < 4.78 is 7.16. The minimum atomic E-state index is -0.482. The molecule has 0 aliphatic rings. The zero-order valence-corrected chi connectivity index (χ0v) is 17.2. The number of halogens is 1. The van der Waals surface area contributed by atoms with Crippen molar-refractivity contribution < 1.29 is 9.21 Å². The molecule has 5 nitrogen and oxygen atoms in total. The monoisotopic (exact) mass is 398 g/mol.